The van der Waals surface area contributed by atoms with Crippen molar-refractivity contribution in [2.75, 3.05) is 11.9 Å². The Morgan fingerprint density at radius 3 is 2.60 bits per heavy atom. The van der Waals surface area contributed by atoms with Gasteiger partial charge >= 0.3 is 6.03 Å². The standard InChI is InChI=1S/C19H21N3O3/c1-2-15(11-12-23)21-19(24)22-16-7-9-17(10-8-16)25-18-6-4-3-5-14(18)13-20/h3-10,15,23H,2,11-12H2,1H3,(H2,21,22,24). The Balaban J connectivity index is 1.96. The number of amides is 2. The summed E-state index contributed by atoms with van der Waals surface area (Å²) in [6.45, 7) is 1.99. The molecule has 2 amide bonds. The highest BCUT2D eigenvalue weighted by molar-refractivity contribution is 5.89. The van der Waals surface area contributed by atoms with Crippen LogP contribution in [0, 0.1) is 11.3 Å². The molecule has 1 atom stereocenters. The third-order valence-corrected chi connectivity index (χ3v) is 3.65. The number of hydrogen-bond acceptors (Lipinski definition) is 4. The molecule has 0 saturated heterocycles. The summed E-state index contributed by atoms with van der Waals surface area (Å²) in [5.74, 6) is 1.05. The minimum absolute atomic E-state index is 0.0367. The monoisotopic (exact) mass is 339 g/mol. The molecule has 0 bridgehead atoms. The Labute approximate surface area is 147 Å². The number of aliphatic hydroxyl groups is 1. The van der Waals surface area contributed by atoms with E-state index in [1.54, 1.807) is 48.5 Å². The molecule has 130 valence electrons. The van der Waals surface area contributed by atoms with Crippen molar-refractivity contribution in [1.29, 1.82) is 5.26 Å². The summed E-state index contributed by atoms with van der Waals surface area (Å²) in [5.41, 5.74) is 1.08. The number of hydrogen-bond donors (Lipinski definition) is 3. The highest BCUT2D eigenvalue weighted by Gasteiger charge is 2.10. The van der Waals surface area contributed by atoms with Crippen molar-refractivity contribution >= 4 is 11.7 Å². The van der Waals surface area contributed by atoms with Crippen molar-refractivity contribution in [3.63, 3.8) is 0 Å². The van der Waals surface area contributed by atoms with Crippen LogP contribution >= 0.6 is 0 Å². The number of carbonyl (C=O) groups is 1. The van der Waals surface area contributed by atoms with E-state index in [4.69, 9.17) is 15.1 Å². The number of anilines is 1. The first kappa shape index (κ1) is 18.3. The molecular formula is C19H21N3O3. The van der Waals surface area contributed by atoms with Crippen molar-refractivity contribution in [2.24, 2.45) is 0 Å². The molecule has 2 aromatic rings. The summed E-state index contributed by atoms with van der Waals surface area (Å²) in [6.07, 6.45) is 1.27. The molecule has 0 saturated carbocycles. The first-order chi connectivity index (χ1) is 12.2. The van der Waals surface area contributed by atoms with Gasteiger partial charge < -0.3 is 20.5 Å². The van der Waals surface area contributed by atoms with Crippen LogP contribution in [-0.2, 0) is 0 Å². The van der Waals surface area contributed by atoms with Crippen molar-refractivity contribution < 1.29 is 14.6 Å². The molecule has 2 rings (SSSR count). The Hall–Kier alpha value is -3.04. The van der Waals surface area contributed by atoms with Crippen molar-refractivity contribution in [2.45, 2.75) is 25.8 Å². The number of nitrogens with one attached hydrogen (secondary N) is 2. The minimum Gasteiger partial charge on any atom is -0.456 e. The van der Waals surface area contributed by atoms with E-state index in [1.165, 1.54) is 0 Å². The number of para-hydroxylation sites is 1. The van der Waals surface area contributed by atoms with Crippen LogP contribution in [0.2, 0.25) is 0 Å². The van der Waals surface area contributed by atoms with Crippen molar-refractivity contribution in [3.8, 4) is 17.6 Å². The van der Waals surface area contributed by atoms with E-state index in [9.17, 15) is 4.79 Å². The zero-order valence-electron chi connectivity index (χ0n) is 14.0. The van der Waals surface area contributed by atoms with Gasteiger partial charge in [-0.05, 0) is 49.2 Å². The quantitative estimate of drug-likeness (QED) is 0.718. The molecule has 1 unspecified atom stereocenters. The molecule has 6 nitrogen and oxygen atoms in total. The summed E-state index contributed by atoms with van der Waals surface area (Å²) in [6, 6.07) is 15.6. The summed E-state index contributed by atoms with van der Waals surface area (Å²) in [7, 11) is 0. The lowest BCUT2D eigenvalue weighted by molar-refractivity contribution is 0.237. The number of urea groups is 1. The van der Waals surface area contributed by atoms with Crippen LogP contribution in [0.15, 0.2) is 48.5 Å². The normalized spacial score (nSPS) is 11.2. The number of benzene rings is 2. The van der Waals surface area contributed by atoms with E-state index in [2.05, 4.69) is 16.7 Å². The van der Waals surface area contributed by atoms with E-state index in [-0.39, 0.29) is 18.7 Å². The maximum absolute atomic E-state index is 11.9. The molecule has 0 spiro atoms. The molecule has 0 aromatic heterocycles. The molecule has 6 heteroatoms. The molecule has 2 aromatic carbocycles. The maximum Gasteiger partial charge on any atom is 0.319 e. The summed E-state index contributed by atoms with van der Waals surface area (Å²) < 4.78 is 5.70. The van der Waals surface area contributed by atoms with Crippen LogP contribution in [0.1, 0.15) is 25.3 Å². The fourth-order valence-corrected chi connectivity index (χ4v) is 2.27. The largest absolute Gasteiger partial charge is 0.456 e. The second kappa shape index (κ2) is 9.30. The zero-order valence-corrected chi connectivity index (χ0v) is 14.0. The number of aliphatic hydroxyl groups excluding tert-OH is 1. The van der Waals surface area contributed by atoms with E-state index in [0.717, 1.165) is 6.42 Å². The molecule has 25 heavy (non-hydrogen) atoms. The third-order valence-electron chi connectivity index (χ3n) is 3.65. The van der Waals surface area contributed by atoms with Gasteiger partial charge in [-0.2, -0.15) is 5.26 Å². The highest BCUT2D eigenvalue weighted by atomic mass is 16.5. The van der Waals surface area contributed by atoms with E-state index < -0.39 is 0 Å². The van der Waals surface area contributed by atoms with Gasteiger partial charge in [-0.25, -0.2) is 4.79 Å². The lowest BCUT2D eigenvalue weighted by Crippen LogP contribution is -2.38. The predicted molar refractivity (Wildman–Crippen MR) is 95.6 cm³/mol. The van der Waals surface area contributed by atoms with Gasteiger partial charge in [-0.15, -0.1) is 0 Å². The second-order valence-electron chi connectivity index (χ2n) is 5.45. The molecule has 0 fully saturated rings. The van der Waals surface area contributed by atoms with Crippen LogP contribution in [-0.4, -0.2) is 23.8 Å². The van der Waals surface area contributed by atoms with Gasteiger partial charge in [-0.1, -0.05) is 19.1 Å². The number of rotatable bonds is 7. The fraction of sp³-hybridized carbons (Fsp3) is 0.263. The van der Waals surface area contributed by atoms with Crippen LogP contribution < -0.4 is 15.4 Å². The lowest BCUT2D eigenvalue weighted by Gasteiger charge is -2.16. The first-order valence-electron chi connectivity index (χ1n) is 8.11. The number of ether oxygens (including phenoxy) is 1. The number of nitriles is 1. The Bertz CT molecular complexity index is 738. The van der Waals surface area contributed by atoms with Crippen LogP contribution in [0.5, 0.6) is 11.5 Å². The molecule has 3 N–H and O–H groups in total. The second-order valence-corrected chi connectivity index (χ2v) is 5.45. The minimum atomic E-state index is -0.316. The topological polar surface area (TPSA) is 94.4 Å². The number of carbonyl (C=O) groups excluding carboxylic acids is 1. The maximum atomic E-state index is 11.9. The van der Waals surface area contributed by atoms with Crippen molar-refractivity contribution in [3.05, 3.63) is 54.1 Å². The van der Waals surface area contributed by atoms with Gasteiger partial charge in [0.25, 0.3) is 0 Å². The highest BCUT2D eigenvalue weighted by Crippen LogP contribution is 2.25. The summed E-state index contributed by atoms with van der Waals surface area (Å²) >= 11 is 0. The molecule has 0 aliphatic rings. The van der Waals surface area contributed by atoms with Gasteiger partial charge in [0.15, 0.2) is 0 Å². The molecular weight excluding hydrogens is 318 g/mol. The molecule has 0 aliphatic heterocycles. The van der Waals surface area contributed by atoms with Gasteiger partial charge in [0.05, 0.1) is 5.56 Å². The smallest absolute Gasteiger partial charge is 0.319 e. The average Bonchev–Trinajstić information content (AvgIpc) is 2.63. The van der Waals surface area contributed by atoms with Gasteiger partial charge in [0.1, 0.15) is 17.6 Å². The van der Waals surface area contributed by atoms with Crippen LogP contribution in [0.25, 0.3) is 0 Å². The SMILES string of the molecule is CCC(CCO)NC(=O)Nc1ccc(Oc2ccccc2C#N)cc1. The molecule has 0 radical (unpaired) electrons. The Morgan fingerprint density at radius 2 is 1.96 bits per heavy atom. The predicted octanol–water partition coefficient (Wildman–Crippen LogP) is 3.63. The zero-order chi connectivity index (χ0) is 18.1. The average molecular weight is 339 g/mol. The van der Waals surface area contributed by atoms with Crippen LogP contribution in [0.3, 0.4) is 0 Å². The molecule has 0 aliphatic carbocycles. The van der Waals surface area contributed by atoms with E-state index in [1.807, 2.05) is 6.92 Å². The van der Waals surface area contributed by atoms with Gasteiger partial charge in [-0.3, -0.25) is 0 Å². The lowest BCUT2D eigenvalue weighted by atomic mass is 10.2. The van der Waals surface area contributed by atoms with Gasteiger partial charge in [0.2, 0.25) is 0 Å². The van der Waals surface area contributed by atoms with Gasteiger partial charge in [0, 0.05) is 18.3 Å². The summed E-state index contributed by atoms with van der Waals surface area (Å²) in [5, 5.41) is 23.6. The van der Waals surface area contributed by atoms with E-state index in [0.29, 0.717) is 29.2 Å². The van der Waals surface area contributed by atoms with Crippen molar-refractivity contribution in [1.82, 2.24) is 5.32 Å². The fourth-order valence-electron chi connectivity index (χ4n) is 2.27. The van der Waals surface area contributed by atoms with Crippen LogP contribution in [0.4, 0.5) is 10.5 Å². The molecule has 0 heterocycles. The Kier molecular flexibility index (Phi) is 6.81. The number of nitrogens with zero attached hydrogens (tertiary/aromatic N) is 1. The summed E-state index contributed by atoms with van der Waals surface area (Å²) in [4.78, 5) is 11.9. The third kappa shape index (κ3) is 5.52. The van der Waals surface area contributed by atoms with E-state index >= 15 is 0 Å². The Morgan fingerprint density at radius 1 is 1.24 bits per heavy atom. The first-order valence-corrected chi connectivity index (χ1v) is 8.11.